The van der Waals surface area contributed by atoms with Crippen LogP contribution in [-0.2, 0) is 6.54 Å². The second kappa shape index (κ2) is 4.63. The molecule has 2 rings (SSSR count). The minimum atomic E-state index is 0.457. The van der Waals surface area contributed by atoms with Crippen molar-refractivity contribution < 1.29 is 4.52 Å². The van der Waals surface area contributed by atoms with Crippen molar-refractivity contribution in [2.45, 2.75) is 13.5 Å². The Morgan fingerprint density at radius 1 is 1.44 bits per heavy atom. The highest BCUT2D eigenvalue weighted by molar-refractivity contribution is 6.33. The summed E-state index contributed by atoms with van der Waals surface area (Å²) in [6, 6.07) is 5.72. The molecule has 0 spiro atoms. The summed E-state index contributed by atoms with van der Waals surface area (Å²) >= 11 is 6.17. The van der Waals surface area contributed by atoms with Crippen molar-refractivity contribution in [1.29, 1.82) is 0 Å². The lowest BCUT2D eigenvalue weighted by atomic mass is 10.1. The number of nitrogens with one attached hydrogen (secondary N) is 1. The molecule has 1 N–H and O–H groups in total. The van der Waals surface area contributed by atoms with Gasteiger partial charge in [-0.05, 0) is 25.6 Å². The van der Waals surface area contributed by atoms with E-state index in [-0.39, 0.29) is 0 Å². The van der Waals surface area contributed by atoms with Gasteiger partial charge in [-0.1, -0.05) is 28.9 Å². The van der Waals surface area contributed by atoms with Crippen LogP contribution in [0.3, 0.4) is 0 Å². The van der Waals surface area contributed by atoms with Gasteiger partial charge in [-0.2, -0.15) is 4.98 Å². The summed E-state index contributed by atoms with van der Waals surface area (Å²) in [4.78, 5) is 4.25. The maximum Gasteiger partial charge on any atom is 0.259 e. The Morgan fingerprint density at radius 3 is 3.00 bits per heavy atom. The third-order valence-corrected chi connectivity index (χ3v) is 2.73. The van der Waals surface area contributed by atoms with Gasteiger partial charge in [-0.3, -0.25) is 0 Å². The third kappa shape index (κ3) is 2.08. The van der Waals surface area contributed by atoms with E-state index in [1.54, 1.807) is 0 Å². The average molecular weight is 238 g/mol. The summed E-state index contributed by atoms with van der Waals surface area (Å²) in [5.41, 5.74) is 1.77. The molecule has 2 aromatic rings. The molecule has 16 heavy (non-hydrogen) atoms. The molecular formula is C11H12ClN3O. The first-order chi connectivity index (χ1) is 7.72. The van der Waals surface area contributed by atoms with E-state index in [0.29, 0.717) is 23.3 Å². The van der Waals surface area contributed by atoms with E-state index in [0.717, 1.165) is 11.1 Å². The molecule has 0 saturated carbocycles. The van der Waals surface area contributed by atoms with Gasteiger partial charge in [-0.25, -0.2) is 0 Å². The molecule has 84 valence electrons. The lowest BCUT2D eigenvalue weighted by Gasteiger charge is -2.00. The van der Waals surface area contributed by atoms with Crippen molar-refractivity contribution in [3.8, 4) is 11.5 Å². The van der Waals surface area contributed by atoms with E-state index in [9.17, 15) is 0 Å². The number of hydrogen-bond acceptors (Lipinski definition) is 4. The zero-order chi connectivity index (χ0) is 11.5. The number of rotatable bonds is 3. The zero-order valence-corrected chi connectivity index (χ0v) is 9.88. The molecule has 0 radical (unpaired) electrons. The SMILES string of the molecule is CNCc1noc(-c2cccc(C)c2Cl)n1. The molecule has 5 heteroatoms. The lowest BCUT2D eigenvalue weighted by Crippen LogP contribution is -2.06. The maximum atomic E-state index is 6.17. The molecule has 0 fully saturated rings. The molecule has 1 aromatic heterocycles. The van der Waals surface area contributed by atoms with E-state index < -0.39 is 0 Å². The largest absolute Gasteiger partial charge is 0.334 e. The summed E-state index contributed by atoms with van der Waals surface area (Å²) in [5.74, 6) is 1.08. The van der Waals surface area contributed by atoms with Crippen LogP contribution in [0.15, 0.2) is 22.7 Å². The standard InChI is InChI=1S/C11H12ClN3O/c1-7-4-3-5-8(10(7)12)11-14-9(6-13-2)15-16-11/h3-5,13H,6H2,1-2H3. The normalized spacial score (nSPS) is 10.7. The lowest BCUT2D eigenvalue weighted by molar-refractivity contribution is 0.420. The minimum absolute atomic E-state index is 0.457. The number of halogens is 1. The molecule has 0 unspecified atom stereocenters. The summed E-state index contributed by atoms with van der Waals surface area (Å²) in [6.07, 6.45) is 0. The van der Waals surface area contributed by atoms with Crippen molar-refractivity contribution in [1.82, 2.24) is 15.5 Å². The molecule has 0 atom stereocenters. The Labute approximate surface area is 98.6 Å². The van der Waals surface area contributed by atoms with Crippen LogP contribution in [0.2, 0.25) is 5.02 Å². The second-order valence-electron chi connectivity index (χ2n) is 3.48. The first-order valence-electron chi connectivity index (χ1n) is 4.95. The van der Waals surface area contributed by atoms with E-state index in [4.69, 9.17) is 16.1 Å². The van der Waals surface area contributed by atoms with Gasteiger partial charge >= 0.3 is 0 Å². The number of nitrogens with zero attached hydrogens (tertiary/aromatic N) is 2. The zero-order valence-electron chi connectivity index (χ0n) is 9.12. The van der Waals surface area contributed by atoms with E-state index in [2.05, 4.69) is 15.5 Å². The number of benzene rings is 1. The van der Waals surface area contributed by atoms with Gasteiger partial charge in [0.1, 0.15) is 0 Å². The van der Waals surface area contributed by atoms with Crippen LogP contribution in [0.1, 0.15) is 11.4 Å². The first-order valence-corrected chi connectivity index (χ1v) is 5.33. The molecule has 4 nitrogen and oxygen atoms in total. The van der Waals surface area contributed by atoms with Gasteiger partial charge < -0.3 is 9.84 Å². The molecule has 0 amide bonds. The van der Waals surface area contributed by atoms with Crippen LogP contribution in [0, 0.1) is 6.92 Å². The topological polar surface area (TPSA) is 51.0 Å². The Bertz CT molecular complexity index is 496. The van der Waals surface area contributed by atoms with Crippen LogP contribution in [0.5, 0.6) is 0 Å². The summed E-state index contributed by atoms with van der Waals surface area (Å²) < 4.78 is 5.15. The quantitative estimate of drug-likeness (QED) is 0.891. The van der Waals surface area contributed by atoms with Crippen molar-refractivity contribution >= 4 is 11.6 Å². The van der Waals surface area contributed by atoms with Gasteiger partial charge in [-0.15, -0.1) is 0 Å². The number of aryl methyl sites for hydroxylation is 1. The van der Waals surface area contributed by atoms with Crippen molar-refractivity contribution in [2.75, 3.05) is 7.05 Å². The maximum absolute atomic E-state index is 6.17. The molecular weight excluding hydrogens is 226 g/mol. The predicted molar refractivity (Wildman–Crippen MR) is 62.2 cm³/mol. The number of hydrogen-bond donors (Lipinski definition) is 1. The van der Waals surface area contributed by atoms with Gasteiger partial charge in [0.15, 0.2) is 5.82 Å². The first kappa shape index (κ1) is 11.1. The highest BCUT2D eigenvalue weighted by Gasteiger charge is 2.12. The predicted octanol–water partition coefficient (Wildman–Crippen LogP) is 2.42. The van der Waals surface area contributed by atoms with Crippen molar-refractivity contribution in [3.05, 3.63) is 34.6 Å². The molecule has 1 aromatic carbocycles. The van der Waals surface area contributed by atoms with Crippen LogP contribution in [-0.4, -0.2) is 17.2 Å². The van der Waals surface area contributed by atoms with E-state index in [1.165, 1.54) is 0 Å². The van der Waals surface area contributed by atoms with Gasteiger partial charge in [0.25, 0.3) is 5.89 Å². The van der Waals surface area contributed by atoms with Gasteiger partial charge in [0, 0.05) is 0 Å². The Morgan fingerprint density at radius 2 is 2.25 bits per heavy atom. The molecule has 0 aliphatic heterocycles. The highest BCUT2D eigenvalue weighted by atomic mass is 35.5. The minimum Gasteiger partial charge on any atom is -0.334 e. The molecule has 0 aliphatic carbocycles. The third-order valence-electron chi connectivity index (χ3n) is 2.23. The fourth-order valence-corrected chi connectivity index (χ4v) is 1.61. The van der Waals surface area contributed by atoms with Crippen LogP contribution >= 0.6 is 11.6 Å². The highest BCUT2D eigenvalue weighted by Crippen LogP contribution is 2.28. The monoisotopic (exact) mass is 237 g/mol. The average Bonchev–Trinajstić information content (AvgIpc) is 2.71. The van der Waals surface area contributed by atoms with Crippen LogP contribution in [0.25, 0.3) is 11.5 Å². The van der Waals surface area contributed by atoms with E-state index >= 15 is 0 Å². The molecule has 0 bridgehead atoms. The molecule has 0 saturated heterocycles. The van der Waals surface area contributed by atoms with Crippen molar-refractivity contribution in [2.24, 2.45) is 0 Å². The molecule has 1 heterocycles. The second-order valence-corrected chi connectivity index (χ2v) is 3.86. The fraction of sp³-hybridized carbons (Fsp3) is 0.273. The van der Waals surface area contributed by atoms with Gasteiger partial charge in [0.2, 0.25) is 0 Å². The number of aromatic nitrogens is 2. The van der Waals surface area contributed by atoms with Gasteiger partial charge in [0.05, 0.1) is 17.1 Å². The summed E-state index contributed by atoms with van der Waals surface area (Å²) in [5, 5.41) is 7.46. The van der Waals surface area contributed by atoms with Crippen molar-refractivity contribution in [3.63, 3.8) is 0 Å². The Balaban J connectivity index is 2.39. The summed E-state index contributed by atoms with van der Waals surface area (Å²) in [6.45, 7) is 2.52. The Hall–Kier alpha value is -1.39. The molecule has 0 aliphatic rings. The fourth-order valence-electron chi connectivity index (χ4n) is 1.41. The summed E-state index contributed by atoms with van der Waals surface area (Å²) in [7, 11) is 1.83. The van der Waals surface area contributed by atoms with E-state index in [1.807, 2.05) is 32.2 Å². The smallest absolute Gasteiger partial charge is 0.259 e. The van der Waals surface area contributed by atoms with Crippen LogP contribution in [0.4, 0.5) is 0 Å². The Kier molecular flexibility index (Phi) is 3.22. The van der Waals surface area contributed by atoms with Crippen LogP contribution < -0.4 is 5.32 Å².